The number of aromatic nitrogens is 2. The van der Waals surface area contributed by atoms with Gasteiger partial charge in [-0.2, -0.15) is 0 Å². The fraction of sp³-hybridized carbons (Fsp3) is 0.100. The second kappa shape index (κ2) is 3.94. The van der Waals surface area contributed by atoms with E-state index in [0.29, 0.717) is 6.54 Å². The standard InChI is InChI=1S/C10H10BrN3/c11-10-9(13-8(6-12)14-10)7-4-2-1-3-5-7/h1-5H,6,12H2,(H,13,14). The average Bonchev–Trinajstić information content (AvgIpc) is 2.61. The van der Waals surface area contributed by atoms with Crippen LogP contribution in [-0.4, -0.2) is 9.97 Å². The van der Waals surface area contributed by atoms with Crippen molar-refractivity contribution in [1.29, 1.82) is 0 Å². The molecule has 1 heterocycles. The van der Waals surface area contributed by atoms with E-state index < -0.39 is 0 Å². The van der Waals surface area contributed by atoms with E-state index in [-0.39, 0.29) is 0 Å². The first-order chi connectivity index (χ1) is 6.81. The predicted molar refractivity (Wildman–Crippen MR) is 59.6 cm³/mol. The van der Waals surface area contributed by atoms with Gasteiger partial charge in [0.2, 0.25) is 0 Å². The second-order valence-electron chi connectivity index (χ2n) is 2.92. The Hall–Kier alpha value is -1.13. The van der Waals surface area contributed by atoms with E-state index in [9.17, 15) is 0 Å². The highest BCUT2D eigenvalue weighted by atomic mass is 79.9. The Morgan fingerprint density at radius 2 is 2.00 bits per heavy atom. The van der Waals surface area contributed by atoms with Crippen molar-refractivity contribution in [2.45, 2.75) is 6.54 Å². The molecule has 0 aliphatic heterocycles. The number of nitrogens with one attached hydrogen (secondary N) is 1. The summed E-state index contributed by atoms with van der Waals surface area (Å²) >= 11 is 3.42. The molecular formula is C10H10BrN3. The van der Waals surface area contributed by atoms with Crippen LogP contribution in [0, 0.1) is 0 Å². The van der Waals surface area contributed by atoms with Crippen molar-refractivity contribution in [3.63, 3.8) is 0 Å². The van der Waals surface area contributed by atoms with Crippen LogP contribution >= 0.6 is 15.9 Å². The molecule has 0 fully saturated rings. The van der Waals surface area contributed by atoms with Gasteiger partial charge in [0.1, 0.15) is 16.1 Å². The maximum absolute atomic E-state index is 5.50. The molecule has 0 spiro atoms. The van der Waals surface area contributed by atoms with Gasteiger partial charge in [0, 0.05) is 5.56 Å². The van der Waals surface area contributed by atoms with Gasteiger partial charge in [-0.25, -0.2) is 4.98 Å². The molecular weight excluding hydrogens is 242 g/mol. The van der Waals surface area contributed by atoms with E-state index in [1.54, 1.807) is 0 Å². The van der Waals surface area contributed by atoms with Crippen LogP contribution in [0.5, 0.6) is 0 Å². The molecule has 3 nitrogen and oxygen atoms in total. The highest BCUT2D eigenvalue weighted by Gasteiger charge is 2.08. The molecule has 0 radical (unpaired) electrons. The third-order valence-corrected chi connectivity index (χ3v) is 2.52. The number of hydrogen-bond acceptors (Lipinski definition) is 2. The van der Waals surface area contributed by atoms with Crippen molar-refractivity contribution in [2.24, 2.45) is 5.73 Å². The van der Waals surface area contributed by atoms with E-state index >= 15 is 0 Å². The number of H-pyrrole nitrogens is 1. The second-order valence-corrected chi connectivity index (χ2v) is 3.71. The Kier molecular flexibility index (Phi) is 2.65. The number of nitrogens with two attached hydrogens (primary N) is 1. The summed E-state index contributed by atoms with van der Waals surface area (Å²) < 4.78 is 0.879. The number of hydrogen-bond donors (Lipinski definition) is 2. The number of rotatable bonds is 2. The van der Waals surface area contributed by atoms with Gasteiger partial charge in [-0.15, -0.1) is 0 Å². The van der Waals surface area contributed by atoms with Gasteiger partial charge in [-0.05, 0) is 15.9 Å². The highest BCUT2D eigenvalue weighted by Crippen LogP contribution is 2.25. The normalized spacial score (nSPS) is 10.4. The van der Waals surface area contributed by atoms with Crippen LogP contribution in [0.3, 0.4) is 0 Å². The summed E-state index contributed by atoms with van der Waals surface area (Å²) in [6.07, 6.45) is 0. The summed E-state index contributed by atoms with van der Waals surface area (Å²) in [4.78, 5) is 7.44. The van der Waals surface area contributed by atoms with Crippen molar-refractivity contribution >= 4 is 15.9 Å². The lowest BCUT2D eigenvalue weighted by Gasteiger charge is -1.95. The summed E-state index contributed by atoms with van der Waals surface area (Å²) in [5.41, 5.74) is 7.48. The summed E-state index contributed by atoms with van der Waals surface area (Å²) in [6.45, 7) is 0.422. The zero-order valence-corrected chi connectivity index (χ0v) is 9.08. The summed E-state index contributed by atoms with van der Waals surface area (Å²) in [6, 6.07) is 9.98. The smallest absolute Gasteiger partial charge is 0.121 e. The van der Waals surface area contributed by atoms with E-state index in [2.05, 4.69) is 25.9 Å². The number of halogens is 1. The molecule has 0 saturated heterocycles. The SMILES string of the molecule is NCc1nc(-c2ccccc2)c(Br)[nH]1. The topological polar surface area (TPSA) is 54.7 Å². The van der Waals surface area contributed by atoms with Crippen LogP contribution in [0.2, 0.25) is 0 Å². The maximum Gasteiger partial charge on any atom is 0.121 e. The molecule has 0 amide bonds. The van der Waals surface area contributed by atoms with Crippen LogP contribution in [-0.2, 0) is 6.54 Å². The monoisotopic (exact) mass is 251 g/mol. The lowest BCUT2D eigenvalue weighted by Crippen LogP contribution is -1.97. The summed E-state index contributed by atoms with van der Waals surface area (Å²) in [7, 11) is 0. The third-order valence-electron chi connectivity index (χ3n) is 1.95. The summed E-state index contributed by atoms with van der Waals surface area (Å²) in [5.74, 6) is 0.788. The maximum atomic E-state index is 5.50. The molecule has 0 unspecified atom stereocenters. The molecule has 1 aromatic carbocycles. The molecule has 2 aromatic rings. The summed E-state index contributed by atoms with van der Waals surface area (Å²) in [5, 5.41) is 0. The Bertz CT molecular complexity index is 422. The average molecular weight is 252 g/mol. The molecule has 4 heteroatoms. The van der Waals surface area contributed by atoms with Gasteiger partial charge >= 0.3 is 0 Å². The van der Waals surface area contributed by atoms with Gasteiger partial charge in [0.25, 0.3) is 0 Å². The Balaban J connectivity index is 2.46. The van der Waals surface area contributed by atoms with E-state index in [1.165, 1.54) is 0 Å². The van der Waals surface area contributed by atoms with E-state index in [1.807, 2.05) is 30.3 Å². The Morgan fingerprint density at radius 1 is 1.29 bits per heavy atom. The molecule has 2 rings (SSSR count). The number of imidazole rings is 1. The lowest BCUT2D eigenvalue weighted by molar-refractivity contribution is 0.947. The van der Waals surface area contributed by atoms with E-state index in [4.69, 9.17) is 5.73 Å². The first-order valence-electron chi connectivity index (χ1n) is 4.31. The zero-order valence-electron chi connectivity index (χ0n) is 7.50. The number of benzene rings is 1. The van der Waals surface area contributed by atoms with Crippen LogP contribution in [0.4, 0.5) is 0 Å². The Morgan fingerprint density at radius 3 is 2.57 bits per heavy atom. The molecule has 0 atom stereocenters. The Labute approximate surface area is 90.5 Å². The predicted octanol–water partition coefficient (Wildman–Crippen LogP) is 2.30. The molecule has 0 bridgehead atoms. The van der Waals surface area contributed by atoms with Gasteiger partial charge in [-0.3, -0.25) is 0 Å². The molecule has 0 saturated carbocycles. The molecule has 0 aliphatic carbocycles. The van der Waals surface area contributed by atoms with Crippen LogP contribution < -0.4 is 5.73 Å². The van der Waals surface area contributed by atoms with E-state index in [0.717, 1.165) is 21.7 Å². The minimum absolute atomic E-state index is 0.422. The van der Waals surface area contributed by atoms with Gasteiger partial charge in [0.15, 0.2) is 0 Å². The van der Waals surface area contributed by atoms with Gasteiger partial charge < -0.3 is 10.7 Å². The van der Waals surface area contributed by atoms with Crippen LogP contribution in [0.15, 0.2) is 34.9 Å². The third kappa shape index (κ3) is 1.71. The first kappa shape index (κ1) is 9.43. The van der Waals surface area contributed by atoms with Crippen LogP contribution in [0.25, 0.3) is 11.3 Å². The fourth-order valence-electron chi connectivity index (χ4n) is 1.28. The van der Waals surface area contributed by atoms with Gasteiger partial charge in [-0.1, -0.05) is 30.3 Å². The first-order valence-corrected chi connectivity index (χ1v) is 5.10. The number of nitrogens with zero attached hydrogens (tertiary/aromatic N) is 1. The van der Waals surface area contributed by atoms with Crippen LogP contribution in [0.1, 0.15) is 5.82 Å². The number of aromatic amines is 1. The van der Waals surface area contributed by atoms with Crippen molar-refractivity contribution in [3.05, 3.63) is 40.8 Å². The molecule has 14 heavy (non-hydrogen) atoms. The molecule has 72 valence electrons. The van der Waals surface area contributed by atoms with Gasteiger partial charge in [0.05, 0.1) is 6.54 Å². The molecule has 1 aromatic heterocycles. The molecule has 0 aliphatic rings. The fourth-order valence-corrected chi connectivity index (χ4v) is 1.83. The lowest BCUT2D eigenvalue weighted by atomic mass is 10.2. The van der Waals surface area contributed by atoms with Crippen molar-refractivity contribution in [3.8, 4) is 11.3 Å². The minimum Gasteiger partial charge on any atom is -0.335 e. The van der Waals surface area contributed by atoms with Crippen molar-refractivity contribution < 1.29 is 0 Å². The van der Waals surface area contributed by atoms with Crippen molar-refractivity contribution in [1.82, 2.24) is 9.97 Å². The largest absolute Gasteiger partial charge is 0.335 e. The molecule has 3 N–H and O–H groups in total. The quantitative estimate of drug-likeness (QED) is 0.861. The zero-order chi connectivity index (χ0) is 9.97. The highest BCUT2D eigenvalue weighted by molar-refractivity contribution is 9.10. The minimum atomic E-state index is 0.422. The van der Waals surface area contributed by atoms with Crippen molar-refractivity contribution in [2.75, 3.05) is 0 Å².